The van der Waals surface area contributed by atoms with Crippen molar-refractivity contribution in [3.63, 3.8) is 0 Å². The Hall–Kier alpha value is -3.04. The first-order chi connectivity index (χ1) is 14.9. The number of likely N-dealkylation sites (tertiary alicyclic amines) is 1. The normalized spacial score (nSPS) is 16.5. The van der Waals surface area contributed by atoms with E-state index in [1.54, 1.807) is 31.4 Å². The largest absolute Gasteiger partial charge is 0.323 e. The lowest BCUT2D eigenvalue weighted by molar-refractivity contribution is -0.169. The van der Waals surface area contributed by atoms with Gasteiger partial charge in [0.25, 0.3) is 0 Å². The van der Waals surface area contributed by atoms with Gasteiger partial charge in [-0.15, -0.1) is 0 Å². The molecule has 0 spiro atoms. The average Bonchev–Trinajstić information content (AvgIpc) is 2.73. The molecule has 1 atom stereocenters. The lowest BCUT2D eigenvalue weighted by atomic mass is 9.98. The number of anilines is 2. The van der Waals surface area contributed by atoms with Gasteiger partial charge in [0.15, 0.2) is 0 Å². The molecule has 3 amide bonds. The van der Waals surface area contributed by atoms with Gasteiger partial charge in [0.1, 0.15) is 5.82 Å². The van der Waals surface area contributed by atoms with E-state index in [4.69, 9.17) is 4.84 Å². The number of urea groups is 1. The summed E-state index contributed by atoms with van der Waals surface area (Å²) in [6, 6.07) is 7.63. The van der Waals surface area contributed by atoms with Crippen molar-refractivity contribution in [3.8, 4) is 0 Å². The number of carbonyl (C=O) groups excluding carboxylic acids is 2. The molecule has 166 valence electrons. The maximum Gasteiger partial charge on any atom is 0.323 e. The third kappa shape index (κ3) is 7.30. The fraction of sp³-hybridized carbons (Fsp3) is 0.409. The Labute approximate surface area is 181 Å². The minimum absolute atomic E-state index is 0.302. The second-order valence-electron chi connectivity index (χ2n) is 7.81. The summed E-state index contributed by atoms with van der Waals surface area (Å²) < 4.78 is 14.2. The third-order valence-corrected chi connectivity index (χ3v) is 5.06. The predicted octanol–water partition coefficient (Wildman–Crippen LogP) is 3.40. The van der Waals surface area contributed by atoms with E-state index in [0.29, 0.717) is 36.9 Å². The van der Waals surface area contributed by atoms with E-state index in [-0.39, 0.29) is 0 Å². The second kappa shape index (κ2) is 10.8. The van der Waals surface area contributed by atoms with Crippen molar-refractivity contribution >= 4 is 23.8 Å². The number of hydrogen-bond acceptors (Lipinski definition) is 5. The second-order valence-corrected chi connectivity index (χ2v) is 7.81. The number of aryl methyl sites for hydroxylation is 1. The van der Waals surface area contributed by atoms with Crippen LogP contribution in [0.1, 0.15) is 24.1 Å². The molecule has 1 aromatic carbocycles. The summed E-state index contributed by atoms with van der Waals surface area (Å²) in [7, 11) is 1.57. The zero-order chi connectivity index (χ0) is 22.2. The van der Waals surface area contributed by atoms with Crippen molar-refractivity contribution < 1.29 is 18.8 Å². The highest BCUT2D eigenvalue weighted by Gasteiger charge is 2.21. The molecule has 2 heterocycles. The van der Waals surface area contributed by atoms with Gasteiger partial charge < -0.3 is 10.6 Å². The number of halogens is 1. The van der Waals surface area contributed by atoms with E-state index in [2.05, 4.69) is 20.5 Å². The Balaban J connectivity index is 1.56. The van der Waals surface area contributed by atoms with E-state index in [1.165, 1.54) is 17.2 Å². The van der Waals surface area contributed by atoms with Crippen molar-refractivity contribution in [2.75, 3.05) is 37.4 Å². The predicted molar refractivity (Wildman–Crippen MR) is 116 cm³/mol. The van der Waals surface area contributed by atoms with Crippen LogP contribution in [-0.4, -0.2) is 54.1 Å². The summed E-state index contributed by atoms with van der Waals surface area (Å²) in [5, 5.41) is 6.53. The number of carbonyl (C=O) groups is 2. The highest BCUT2D eigenvalue weighted by molar-refractivity contribution is 5.99. The monoisotopic (exact) mass is 429 g/mol. The van der Waals surface area contributed by atoms with Crippen LogP contribution in [0.4, 0.5) is 20.6 Å². The first-order valence-electron chi connectivity index (χ1n) is 10.2. The van der Waals surface area contributed by atoms with Crippen LogP contribution in [0.2, 0.25) is 0 Å². The summed E-state index contributed by atoms with van der Waals surface area (Å²) in [5.41, 5.74) is 2.57. The number of hydrogen-bond donors (Lipinski definition) is 2. The van der Waals surface area contributed by atoms with Gasteiger partial charge in [-0.05, 0) is 68.1 Å². The molecule has 2 aromatic rings. The van der Waals surface area contributed by atoms with Crippen molar-refractivity contribution in [1.29, 1.82) is 0 Å². The van der Waals surface area contributed by atoms with Gasteiger partial charge in [0.2, 0.25) is 6.41 Å². The van der Waals surface area contributed by atoms with E-state index in [1.807, 2.05) is 6.92 Å². The molecule has 0 unspecified atom stereocenters. The molecular weight excluding hydrogens is 401 g/mol. The molecule has 1 aromatic heterocycles. The van der Waals surface area contributed by atoms with Crippen LogP contribution in [0.15, 0.2) is 36.5 Å². The molecule has 1 aliphatic rings. The van der Waals surface area contributed by atoms with Gasteiger partial charge >= 0.3 is 6.03 Å². The number of nitrogens with one attached hydrogen (secondary N) is 2. The van der Waals surface area contributed by atoms with Crippen LogP contribution in [0, 0.1) is 18.7 Å². The highest BCUT2D eigenvalue weighted by atomic mass is 19.1. The van der Waals surface area contributed by atoms with Gasteiger partial charge in [-0.3, -0.25) is 19.5 Å². The van der Waals surface area contributed by atoms with Crippen LogP contribution in [-0.2, 0) is 16.2 Å². The Morgan fingerprint density at radius 2 is 2.13 bits per heavy atom. The van der Waals surface area contributed by atoms with Gasteiger partial charge in [0, 0.05) is 31.5 Å². The van der Waals surface area contributed by atoms with Crippen LogP contribution in [0.5, 0.6) is 0 Å². The molecule has 8 nitrogen and oxygen atoms in total. The zero-order valence-electron chi connectivity index (χ0n) is 17.8. The minimum atomic E-state index is -0.461. The van der Waals surface area contributed by atoms with Crippen molar-refractivity contribution in [2.24, 2.45) is 5.92 Å². The number of nitrogens with zero attached hydrogens (tertiary/aromatic N) is 3. The van der Waals surface area contributed by atoms with Gasteiger partial charge in [0.05, 0.1) is 18.5 Å². The molecule has 2 N–H and O–H groups in total. The number of rotatable bonds is 8. The molecular formula is C22H28FN5O3. The lowest BCUT2D eigenvalue weighted by Gasteiger charge is -2.33. The third-order valence-electron chi connectivity index (χ3n) is 5.06. The summed E-state index contributed by atoms with van der Waals surface area (Å²) in [5.74, 6) is -0.106. The van der Waals surface area contributed by atoms with Crippen LogP contribution in [0.25, 0.3) is 0 Å². The molecule has 9 heteroatoms. The number of pyridine rings is 1. The minimum Gasteiger partial charge on any atom is -0.308 e. The molecule has 3 rings (SSSR count). The zero-order valence-corrected chi connectivity index (χ0v) is 17.8. The van der Waals surface area contributed by atoms with E-state index < -0.39 is 11.8 Å². The Bertz CT molecular complexity index is 893. The summed E-state index contributed by atoms with van der Waals surface area (Å²) in [6.45, 7) is 4.60. The SMILES string of the molecule is Cc1ccc(NC(=O)Nc2cc(F)cc(CN3CCC[C@@H](CON(C)C=O)C3)c2)cn1. The molecule has 0 bridgehead atoms. The molecule has 1 aliphatic heterocycles. The number of aromatic nitrogens is 1. The molecule has 0 radical (unpaired) electrons. The van der Waals surface area contributed by atoms with Gasteiger partial charge in [-0.1, -0.05) is 0 Å². The number of piperidine rings is 1. The van der Waals surface area contributed by atoms with Gasteiger partial charge in [-0.25, -0.2) is 14.2 Å². The topological polar surface area (TPSA) is 86.8 Å². The first kappa shape index (κ1) is 22.6. The van der Waals surface area contributed by atoms with E-state index >= 15 is 0 Å². The van der Waals surface area contributed by atoms with E-state index in [9.17, 15) is 14.0 Å². The Morgan fingerprint density at radius 1 is 1.32 bits per heavy atom. The number of amides is 3. The standard InChI is InChI=1S/C22H28FN5O3/c1-16-5-6-20(11-24-16)25-22(30)26-21-9-18(8-19(23)10-21)13-28-7-3-4-17(12-28)14-31-27(2)15-29/h5-6,8-11,15,17H,3-4,7,12-14H2,1-2H3,(H2,25,26,30)/t17-/m1/s1. The van der Waals surface area contributed by atoms with Crippen LogP contribution >= 0.6 is 0 Å². The summed E-state index contributed by atoms with van der Waals surface area (Å²) in [4.78, 5) is 34.7. The summed E-state index contributed by atoms with van der Waals surface area (Å²) >= 11 is 0. The fourth-order valence-corrected chi connectivity index (χ4v) is 3.59. The molecule has 1 saturated heterocycles. The van der Waals surface area contributed by atoms with Crippen molar-refractivity contribution in [2.45, 2.75) is 26.3 Å². The molecule has 0 aliphatic carbocycles. The highest BCUT2D eigenvalue weighted by Crippen LogP contribution is 2.21. The smallest absolute Gasteiger partial charge is 0.308 e. The Kier molecular flexibility index (Phi) is 7.91. The van der Waals surface area contributed by atoms with Crippen molar-refractivity contribution in [3.05, 3.63) is 53.6 Å². The molecule has 0 saturated carbocycles. The quantitative estimate of drug-likeness (QED) is 0.496. The number of benzene rings is 1. The van der Waals surface area contributed by atoms with Crippen LogP contribution in [0.3, 0.4) is 0 Å². The average molecular weight is 429 g/mol. The van der Waals surface area contributed by atoms with Crippen LogP contribution < -0.4 is 10.6 Å². The van der Waals surface area contributed by atoms with Gasteiger partial charge in [-0.2, -0.15) is 0 Å². The molecule has 1 fully saturated rings. The first-order valence-corrected chi connectivity index (χ1v) is 10.2. The summed E-state index contributed by atoms with van der Waals surface area (Å²) in [6.07, 6.45) is 4.22. The maximum absolute atomic E-state index is 14.2. The van der Waals surface area contributed by atoms with Crippen molar-refractivity contribution in [1.82, 2.24) is 14.9 Å². The lowest BCUT2D eigenvalue weighted by Crippen LogP contribution is -2.37. The number of hydroxylamine groups is 2. The van der Waals surface area contributed by atoms with E-state index in [0.717, 1.165) is 37.2 Å². The Morgan fingerprint density at radius 3 is 2.87 bits per heavy atom. The fourth-order valence-electron chi connectivity index (χ4n) is 3.59. The maximum atomic E-state index is 14.2. The molecule has 31 heavy (non-hydrogen) atoms.